The molecule has 1 heterocycles. The van der Waals surface area contributed by atoms with E-state index in [4.69, 9.17) is 0 Å². The Morgan fingerprint density at radius 1 is 1.13 bits per heavy atom. The Bertz CT molecular complexity index is 183. The lowest BCUT2D eigenvalue weighted by Gasteiger charge is -2.26. The molecule has 0 radical (unpaired) electrons. The molecule has 15 heavy (non-hydrogen) atoms. The number of unbranched alkanes of at least 4 members (excludes halogenated alkanes) is 1. The third kappa shape index (κ3) is 5.31. The molecule has 1 aliphatic rings. The predicted octanol–water partition coefficient (Wildman–Crippen LogP) is 2.87. The van der Waals surface area contributed by atoms with E-state index in [1.54, 1.807) is 0 Å². The van der Waals surface area contributed by atoms with Gasteiger partial charge in [0, 0.05) is 12.3 Å². The third-order valence-electron chi connectivity index (χ3n) is 3.24. The van der Waals surface area contributed by atoms with Gasteiger partial charge in [-0.2, -0.15) is 0 Å². The molecule has 1 aliphatic heterocycles. The summed E-state index contributed by atoms with van der Waals surface area (Å²) < 4.78 is 0. The summed E-state index contributed by atoms with van der Waals surface area (Å²) in [5, 5.41) is 0. The third-order valence-corrected chi connectivity index (χ3v) is 3.24. The molecule has 1 rings (SSSR count). The number of likely N-dealkylation sites (tertiary alicyclic amines) is 1. The Morgan fingerprint density at radius 3 is 2.40 bits per heavy atom. The number of hydrogen-bond acceptors (Lipinski definition) is 2. The number of rotatable bonds is 6. The van der Waals surface area contributed by atoms with Crippen LogP contribution in [-0.2, 0) is 4.79 Å². The van der Waals surface area contributed by atoms with Crippen molar-refractivity contribution < 1.29 is 4.79 Å². The Morgan fingerprint density at radius 2 is 1.80 bits per heavy atom. The van der Waals surface area contributed by atoms with E-state index in [0.717, 1.165) is 12.8 Å². The number of piperidine rings is 1. The van der Waals surface area contributed by atoms with Gasteiger partial charge in [0.2, 0.25) is 0 Å². The molecule has 1 saturated heterocycles. The molecule has 0 N–H and O–H groups in total. The minimum atomic E-state index is 0.222. The highest BCUT2D eigenvalue weighted by molar-refractivity contribution is 5.80. The highest BCUT2D eigenvalue weighted by Crippen LogP contribution is 2.10. The number of hydrogen-bond donors (Lipinski definition) is 0. The van der Waals surface area contributed by atoms with Crippen LogP contribution in [0.5, 0.6) is 0 Å². The largest absolute Gasteiger partial charge is 0.303 e. The van der Waals surface area contributed by atoms with E-state index in [1.165, 1.54) is 45.3 Å². The maximum atomic E-state index is 11.4. The van der Waals surface area contributed by atoms with Gasteiger partial charge in [-0.05, 0) is 45.3 Å². The Kier molecular flexibility index (Phi) is 5.92. The number of carbonyl (C=O) groups excluding carboxylic acids is 1. The van der Waals surface area contributed by atoms with Gasteiger partial charge >= 0.3 is 0 Å². The van der Waals surface area contributed by atoms with E-state index < -0.39 is 0 Å². The van der Waals surface area contributed by atoms with Gasteiger partial charge in [0.15, 0.2) is 0 Å². The summed E-state index contributed by atoms with van der Waals surface area (Å²) in [6.45, 7) is 7.74. The molecule has 0 saturated carbocycles. The van der Waals surface area contributed by atoms with Crippen molar-refractivity contribution >= 4 is 5.78 Å². The van der Waals surface area contributed by atoms with Crippen LogP contribution in [0.15, 0.2) is 0 Å². The van der Waals surface area contributed by atoms with Crippen LogP contribution in [0.3, 0.4) is 0 Å². The molecule has 0 aliphatic carbocycles. The molecular weight excluding hydrogens is 186 g/mol. The standard InChI is InChI=1S/C13H25NO/c1-12(2)13(15)8-4-7-11-14-9-5-3-6-10-14/h12H,3-11H2,1-2H3. The fourth-order valence-corrected chi connectivity index (χ4v) is 2.11. The fourth-order valence-electron chi connectivity index (χ4n) is 2.11. The summed E-state index contributed by atoms with van der Waals surface area (Å²) in [6.07, 6.45) is 7.19. The molecule has 2 heteroatoms. The first-order chi connectivity index (χ1) is 7.20. The van der Waals surface area contributed by atoms with Crippen molar-refractivity contribution in [1.82, 2.24) is 4.90 Å². The van der Waals surface area contributed by atoms with Gasteiger partial charge in [0.05, 0.1) is 0 Å². The Labute approximate surface area is 94.0 Å². The van der Waals surface area contributed by atoms with Crippen molar-refractivity contribution in [1.29, 1.82) is 0 Å². The van der Waals surface area contributed by atoms with Gasteiger partial charge in [0.25, 0.3) is 0 Å². The van der Waals surface area contributed by atoms with Crippen LogP contribution in [-0.4, -0.2) is 30.3 Å². The van der Waals surface area contributed by atoms with Crippen LogP contribution in [0.2, 0.25) is 0 Å². The molecule has 0 aromatic carbocycles. The summed E-state index contributed by atoms with van der Waals surface area (Å²) in [5.74, 6) is 0.647. The van der Waals surface area contributed by atoms with E-state index in [0.29, 0.717) is 5.78 Å². The van der Waals surface area contributed by atoms with Crippen LogP contribution in [0.25, 0.3) is 0 Å². The summed E-state index contributed by atoms with van der Waals surface area (Å²) >= 11 is 0. The zero-order valence-electron chi connectivity index (χ0n) is 10.3. The lowest BCUT2D eigenvalue weighted by molar-refractivity contribution is -0.122. The quantitative estimate of drug-likeness (QED) is 0.630. The molecule has 0 aromatic rings. The Balaban J connectivity index is 1.98. The zero-order valence-corrected chi connectivity index (χ0v) is 10.3. The molecule has 0 atom stereocenters. The summed E-state index contributed by atoms with van der Waals surface area (Å²) in [5.41, 5.74) is 0. The van der Waals surface area contributed by atoms with Crippen LogP contribution in [0.1, 0.15) is 52.4 Å². The van der Waals surface area contributed by atoms with E-state index in [9.17, 15) is 4.79 Å². The van der Waals surface area contributed by atoms with Crippen LogP contribution < -0.4 is 0 Å². The number of Topliss-reactive ketones (excluding diaryl/α,β-unsaturated/α-hetero) is 1. The summed E-state index contributed by atoms with van der Waals surface area (Å²) in [4.78, 5) is 13.9. The second-order valence-electron chi connectivity index (χ2n) is 4.98. The smallest absolute Gasteiger partial charge is 0.135 e. The highest BCUT2D eigenvalue weighted by Gasteiger charge is 2.10. The molecular formula is C13H25NO. The van der Waals surface area contributed by atoms with Crippen molar-refractivity contribution in [2.75, 3.05) is 19.6 Å². The second kappa shape index (κ2) is 7.00. The van der Waals surface area contributed by atoms with E-state index >= 15 is 0 Å². The zero-order chi connectivity index (χ0) is 11.1. The van der Waals surface area contributed by atoms with E-state index in [-0.39, 0.29) is 5.92 Å². The lowest BCUT2D eigenvalue weighted by atomic mass is 10.0. The monoisotopic (exact) mass is 211 g/mol. The van der Waals surface area contributed by atoms with Gasteiger partial charge in [-0.15, -0.1) is 0 Å². The molecule has 88 valence electrons. The molecule has 2 nitrogen and oxygen atoms in total. The lowest BCUT2D eigenvalue weighted by Crippen LogP contribution is -2.30. The van der Waals surface area contributed by atoms with Crippen molar-refractivity contribution in [2.24, 2.45) is 5.92 Å². The normalized spacial score (nSPS) is 18.3. The van der Waals surface area contributed by atoms with Crippen LogP contribution in [0, 0.1) is 5.92 Å². The van der Waals surface area contributed by atoms with Crippen LogP contribution in [0.4, 0.5) is 0 Å². The van der Waals surface area contributed by atoms with Crippen molar-refractivity contribution in [3.05, 3.63) is 0 Å². The SMILES string of the molecule is CC(C)C(=O)CCCCN1CCCCC1. The van der Waals surface area contributed by atoms with Gasteiger partial charge in [-0.1, -0.05) is 20.3 Å². The number of nitrogens with zero attached hydrogens (tertiary/aromatic N) is 1. The van der Waals surface area contributed by atoms with Crippen molar-refractivity contribution in [2.45, 2.75) is 52.4 Å². The average molecular weight is 211 g/mol. The van der Waals surface area contributed by atoms with Gasteiger partial charge in [0.1, 0.15) is 5.78 Å². The first kappa shape index (κ1) is 12.7. The first-order valence-electron chi connectivity index (χ1n) is 6.45. The van der Waals surface area contributed by atoms with E-state index in [2.05, 4.69) is 4.90 Å². The molecule has 0 unspecified atom stereocenters. The van der Waals surface area contributed by atoms with Gasteiger partial charge in [-0.3, -0.25) is 4.79 Å². The molecule has 0 aromatic heterocycles. The molecule has 0 amide bonds. The minimum absolute atomic E-state index is 0.222. The topological polar surface area (TPSA) is 20.3 Å². The van der Waals surface area contributed by atoms with Crippen molar-refractivity contribution in [3.63, 3.8) is 0 Å². The Hall–Kier alpha value is -0.370. The molecule has 0 bridgehead atoms. The average Bonchev–Trinajstić information content (AvgIpc) is 2.25. The summed E-state index contributed by atoms with van der Waals surface area (Å²) in [6, 6.07) is 0. The maximum Gasteiger partial charge on any atom is 0.135 e. The van der Waals surface area contributed by atoms with Gasteiger partial charge < -0.3 is 4.90 Å². The second-order valence-corrected chi connectivity index (χ2v) is 4.98. The fraction of sp³-hybridized carbons (Fsp3) is 0.923. The molecule has 0 spiro atoms. The predicted molar refractivity (Wildman–Crippen MR) is 64.0 cm³/mol. The molecule has 1 fully saturated rings. The van der Waals surface area contributed by atoms with Crippen LogP contribution >= 0.6 is 0 Å². The van der Waals surface area contributed by atoms with Gasteiger partial charge in [-0.25, -0.2) is 0 Å². The highest BCUT2D eigenvalue weighted by atomic mass is 16.1. The first-order valence-corrected chi connectivity index (χ1v) is 6.45. The maximum absolute atomic E-state index is 11.4. The summed E-state index contributed by atoms with van der Waals surface area (Å²) in [7, 11) is 0. The van der Waals surface area contributed by atoms with E-state index in [1.807, 2.05) is 13.8 Å². The van der Waals surface area contributed by atoms with Crippen molar-refractivity contribution in [3.8, 4) is 0 Å². The number of ketones is 1. The number of carbonyl (C=O) groups is 1. The minimum Gasteiger partial charge on any atom is -0.303 e.